The van der Waals surface area contributed by atoms with Gasteiger partial charge in [-0.25, -0.2) is 4.79 Å². The first-order valence-corrected chi connectivity index (χ1v) is 13.6. The predicted molar refractivity (Wildman–Crippen MR) is 136 cm³/mol. The van der Waals surface area contributed by atoms with Crippen molar-refractivity contribution in [3.63, 3.8) is 0 Å². The Balaban J connectivity index is 0. The normalized spacial score (nSPS) is 11.0. The van der Waals surface area contributed by atoms with Gasteiger partial charge in [0.05, 0.1) is 18.1 Å². The molecule has 0 saturated carbocycles. The number of carbonyl (C=O) groups excluding carboxylic acids is 3. The van der Waals surface area contributed by atoms with Gasteiger partial charge < -0.3 is 15.4 Å². The summed E-state index contributed by atoms with van der Waals surface area (Å²) in [6.07, 6.45) is 1.06. The third kappa shape index (κ3) is 21.2. The standard InChI is InChI=1S/C9H17NO3S3.C7H15NOS3/c1-2-13-9(12)7(5-15)10-8(11)6-16-4-3-14;9-7(8-2-4-11)6-12-5-1-3-10/h7,14-15H,2-6H2,1H3,(H,10,11);10-11H,1-6H2,(H,8,9)/t7-;/m1./s1. The highest BCUT2D eigenvalue weighted by Crippen LogP contribution is 2.02. The molecule has 166 valence electrons. The quantitative estimate of drug-likeness (QED) is 0.115. The number of amides is 2. The maximum atomic E-state index is 11.4. The zero-order valence-electron chi connectivity index (χ0n) is 16.1. The van der Waals surface area contributed by atoms with Gasteiger partial charge in [-0.1, -0.05) is 0 Å². The minimum Gasteiger partial charge on any atom is -0.464 e. The number of thioether (sulfide) groups is 2. The van der Waals surface area contributed by atoms with Crippen LogP contribution < -0.4 is 10.6 Å². The van der Waals surface area contributed by atoms with Gasteiger partial charge in [0, 0.05) is 23.8 Å². The summed E-state index contributed by atoms with van der Waals surface area (Å²) in [5.74, 6) is 4.74. The summed E-state index contributed by atoms with van der Waals surface area (Å²) in [4.78, 5) is 33.7. The van der Waals surface area contributed by atoms with Gasteiger partial charge in [-0.3, -0.25) is 9.59 Å². The summed E-state index contributed by atoms with van der Waals surface area (Å²) in [7, 11) is 0. The van der Waals surface area contributed by atoms with Crippen LogP contribution in [0.2, 0.25) is 0 Å². The van der Waals surface area contributed by atoms with Crippen molar-refractivity contribution >= 4 is 91.8 Å². The van der Waals surface area contributed by atoms with E-state index in [9.17, 15) is 14.4 Å². The van der Waals surface area contributed by atoms with Crippen molar-refractivity contribution in [1.82, 2.24) is 10.6 Å². The molecule has 0 unspecified atom stereocenters. The zero-order chi connectivity index (χ0) is 21.6. The van der Waals surface area contributed by atoms with Gasteiger partial charge in [0.15, 0.2) is 0 Å². The summed E-state index contributed by atoms with van der Waals surface area (Å²) in [6, 6.07) is -0.660. The fraction of sp³-hybridized carbons (Fsp3) is 0.812. The number of esters is 1. The summed E-state index contributed by atoms with van der Waals surface area (Å²) < 4.78 is 4.80. The monoisotopic (exact) mass is 508 g/mol. The van der Waals surface area contributed by atoms with E-state index in [0.29, 0.717) is 30.4 Å². The Kier molecular flexibility index (Phi) is 26.1. The SMILES string of the molecule is CCOC(=O)[C@@H](CS)NC(=O)CSCCS.O=C(CSCCCS)NCCS. The van der Waals surface area contributed by atoms with E-state index in [1.54, 1.807) is 18.7 Å². The Morgan fingerprint density at radius 2 is 1.57 bits per heavy atom. The van der Waals surface area contributed by atoms with Crippen LogP contribution in [0.1, 0.15) is 13.3 Å². The van der Waals surface area contributed by atoms with E-state index in [-0.39, 0.29) is 17.6 Å². The molecule has 2 N–H and O–H groups in total. The van der Waals surface area contributed by atoms with Gasteiger partial charge in [0.1, 0.15) is 6.04 Å². The summed E-state index contributed by atoms with van der Waals surface area (Å²) in [6.45, 7) is 2.68. The topological polar surface area (TPSA) is 84.5 Å². The molecule has 0 bridgehead atoms. The number of nitrogens with one attached hydrogen (secondary N) is 2. The van der Waals surface area contributed by atoms with E-state index in [2.05, 4.69) is 61.1 Å². The van der Waals surface area contributed by atoms with Gasteiger partial charge in [0.2, 0.25) is 11.8 Å². The molecule has 0 aliphatic heterocycles. The van der Waals surface area contributed by atoms with Gasteiger partial charge in [-0.15, -0.1) is 0 Å². The highest BCUT2D eigenvalue weighted by molar-refractivity contribution is 8.00. The maximum Gasteiger partial charge on any atom is 0.329 e. The van der Waals surface area contributed by atoms with Crippen LogP contribution in [0.5, 0.6) is 0 Å². The molecule has 0 saturated heterocycles. The molecule has 0 aromatic heterocycles. The summed E-state index contributed by atoms with van der Waals surface area (Å²) >= 11 is 19.2. The van der Waals surface area contributed by atoms with E-state index in [4.69, 9.17) is 4.74 Å². The Morgan fingerprint density at radius 3 is 2.11 bits per heavy atom. The van der Waals surface area contributed by atoms with Crippen LogP contribution in [0.3, 0.4) is 0 Å². The van der Waals surface area contributed by atoms with Crippen molar-refractivity contribution in [2.75, 3.05) is 59.2 Å². The van der Waals surface area contributed by atoms with Crippen LogP contribution in [-0.2, 0) is 19.1 Å². The Hall–Kier alpha value is 0.510. The third-order valence-corrected chi connectivity index (χ3v) is 6.11. The molecular weight excluding hydrogens is 477 g/mol. The number of rotatable bonds is 15. The molecule has 6 nitrogen and oxygen atoms in total. The molecule has 0 aromatic carbocycles. The van der Waals surface area contributed by atoms with Gasteiger partial charge in [0.25, 0.3) is 0 Å². The average Bonchev–Trinajstić information content (AvgIpc) is 2.68. The predicted octanol–water partition coefficient (Wildman–Crippen LogP) is 1.71. The Bertz CT molecular complexity index is 419. The van der Waals surface area contributed by atoms with Crippen LogP contribution in [0.4, 0.5) is 0 Å². The van der Waals surface area contributed by atoms with E-state index in [0.717, 1.165) is 29.4 Å². The van der Waals surface area contributed by atoms with Crippen molar-refractivity contribution < 1.29 is 19.1 Å². The van der Waals surface area contributed by atoms with Gasteiger partial charge in [-0.05, 0) is 30.6 Å². The van der Waals surface area contributed by atoms with Crippen LogP contribution in [0, 0.1) is 0 Å². The fourth-order valence-electron chi connectivity index (χ4n) is 1.47. The molecule has 0 fully saturated rings. The smallest absolute Gasteiger partial charge is 0.329 e. The van der Waals surface area contributed by atoms with Gasteiger partial charge in [-0.2, -0.15) is 74.0 Å². The molecule has 0 aliphatic rings. The second-order valence-corrected chi connectivity index (χ2v) is 8.95. The number of ether oxygens (including phenoxy) is 1. The second-order valence-electron chi connectivity index (χ2n) is 5.03. The first-order valence-electron chi connectivity index (χ1n) is 8.78. The molecule has 0 aromatic rings. The lowest BCUT2D eigenvalue weighted by Gasteiger charge is -2.14. The molecule has 0 heterocycles. The Labute approximate surface area is 199 Å². The minimum absolute atomic E-state index is 0.105. The number of carbonyl (C=O) groups is 3. The zero-order valence-corrected chi connectivity index (χ0v) is 21.3. The van der Waals surface area contributed by atoms with Crippen LogP contribution in [-0.4, -0.2) is 83.0 Å². The van der Waals surface area contributed by atoms with Crippen molar-refractivity contribution in [3.8, 4) is 0 Å². The first-order chi connectivity index (χ1) is 13.5. The lowest BCUT2D eigenvalue weighted by atomic mass is 10.3. The highest BCUT2D eigenvalue weighted by Gasteiger charge is 2.19. The van der Waals surface area contributed by atoms with Crippen molar-refractivity contribution in [2.45, 2.75) is 19.4 Å². The van der Waals surface area contributed by atoms with Crippen LogP contribution in [0.15, 0.2) is 0 Å². The molecule has 12 heteroatoms. The average molecular weight is 509 g/mol. The summed E-state index contributed by atoms with van der Waals surface area (Å²) in [5.41, 5.74) is 0. The van der Waals surface area contributed by atoms with Crippen LogP contribution in [0.25, 0.3) is 0 Å². The Morgan fingerprint density at radius 1 is 0.929 bits per heavy atom. The van der Waals surface area contributed by atoms with E-state index < -0.39 is 12.0 Å². The molecule has 0 spiro atoms. The molecule has 2 amide bonds. The molecule has 0 radical (unpaired) electrons. The van der Waals surface area contributed by atoms with Crippen molar-refractivity contribution in [1.29, 1.82) is 0 Å². The second kappa shape index (κ2) is 23.8. The van der Waals surface area contributed by atoms with Crippen molar-refractivity contribution in [3.05, 3.63) is 0 Å². The number of hydrogen-bond acceptors (Lipinski definition) is 10. The lowest BCUT2D eigenvalue weighted by molar-refractivity contribution is -0.146. The van der Waals surface area contributed by atoms with E-state index in [1.807, 2.05) is 0 Å². The largest absolute Gasteiger partial charge is 0.464 e. The number of thiol groups is 4. The summed E-state index contributed by atoms with van der Waals surface area (Å²) in [5, 5.41) is 5.33. The van der Waals surface area contributed by atoms with E-state index in [1.165, 1.54) is 11.8 Å². The van der Waals surface area contributed by atoms with Crippen molar-refractivity contribution in [2.24, 2.45) is 0 Å². The third-order valence-electron chi connectivity index (χ3n) is 2.67. The molecule has 0 rings (SSSR count). The van der Waals surface area contributed by atoms with Crippen LogP contribution >= 0.6 is 74.0 Å². The lowest BCUT2D eigenvalue weighted by Crippen LogP contribution is -2.44. The number of hydrogen-bond donors (Lipinski definition) is 6. The van der Waals surface area contributed by atoms with Gasteiger partial charge >= 0.3 is 5.97 Å². The van der Waals surface area contributed by atoms with E-state index >= 15 is 0 Å². The molecular formula is C16H32N2O4S6. The maximum absolute atomic E-state index is 11.4. The highest BCUT2D eigenvalue weighted by atomic mass is 32.2. The minimum atomic E-state index is -0.660. The molecule has 1 atom stereocenters. The first kappa shape index (κ1) is 30.7. The fourth-order valence-corrected chi connectivity index (χ4v) is 3.90. The molecule has 28 heavy (non-hydrogen) atoms. The molecule has 0 aliphatic carbocycles.